The minimum absolute atomic E-state index is 0.427. The third-order valence-electron chi connectivity index (χ3n) is 2.79. The van der Waals surface area contributed by atoms with Gasteiger partial charge in [-0.05, 0) is 52.3 Å². The molecule has 19 heavy (non-hydrogen) atoms. The molecule has 0 saturated carbocycles. The van der Waals surface area contributed by atoms with E-state index in [-0.39, 0.29) is 0 Å². The van der Waals surface area contributed by atoms with Crippen molar-refractivity contribution < 1.29 is 0 Å². The van der Waals surface area contributed by atoms with Gasteiger partial charge in [0, 0.05) is 14.0 Å². The van der Waals surface area contributed by atoms with Crippen LogP contribution in [0.2, 0.25) is 5.02 Å². The van der Waals surface area contributed by atoms with Gasteiger partial charge in [0.2, 0.25) is 5.95 Å². The van der Waals surface area contributed by atoms with Gasteiger partial charge in [0.05, 0.1) is 16.7 Å². The minimum atomic E-state index is 0.427. The molecule has 0 aliphatic rings. The Morgan fingerprint density at radius 3 is 2.68 bits per heavy atom. The molecule has 0 spiro atoms. The SMILES string of the molecule is Nc1nc2ccc(Cl)cc2n1-c1cc(Br)ccc1Br. The van der Waals surface area contributed by atoms with Gasteiger partial charge in [0.1, 0.15) is 0 Å². The van der Waals surface area contributed by atoms with Crippen molar-refractivity contribution >= 4 is 60.4 Å². The normalized spacial score (nSPS) is 11.1. The average Bonchev–Trinajstić information content (AvgIpc) is 2.68. The summed E-state index contributed by atoms with van der Waals surface area (Å²) in [5, 5.41) is 0.653. The van der Waals surface area contributed by atoms with E-state index < -0.39 is 0 Å². The van der Waals surface area contributed by atoms with Crippen LogP contribution < -0.4 is 5.73 Å². The Balaban J connectivity index is 2.38. The first-order chi connectivity index (χ1) is 9.06. The Bertz CT molecular complexity index is 783. The molecule has 1 aromatic heterocycles. The van der Waals surface area contributed by atoms with E-state index in [9.17, 15) is 0 Å². The summed E-state index contributed by atoms with van der Waals surface area (Å²) in [6.45, 7) is 0. The van der Waals surface area contributed by atoms with Gasteiger partial charge in [-0.25, -0.2) is 4.98 Å². The Labute approximate surface area is 131 Å². The summed E-state index contributed by atoms with van der Waals surface area (Å²) in [4.78, 5) is 4.35. The fraction of sp³-hybridized carbons (Fsp3) is 0. The zero-order valence-corrected chi connectivity index (χ0v) is 13.5. The van der Waals surface area contributed by atoms with E-state index in [0.717, 1.165) is 25.7 Å². The van der Waals surface area contributed by atoms with E-state index in [1.54, 1.807) is 6.07 Å². The molecule has 0 aliphatic carbocycles. The Kier molecular flexibility index (Phi) is 3.28. The van der Waals surface area contributed by atoms with Gasteiger partial charge in [0.15, 0.2) is 0 Å². The van der Waals surface area contributed by atoms with Gasteiger partial charge < -0.3 is 5.73 Å². The maximum absolute atomic E-state index is 6.06. The van der Waals surface area contributed by atoms with Crippen LogP contribution in [0, 0.1) is 0 Å². The number of nitrogen functional groups attached to an aromatic ring is 1. The maximum Gasteiger partial charge on any atom is 0.205 e. The molecule has 0 bridgehead atoms. The molecule has 1 heterocycles. The van der Waals surface area contributed by atoms with Crippen molar-refractivity contribution in [3.8, 4) is 5.69 Å². The predicted octanol–water partition coefficient (Wildman–Crippen LogP) is 4.79. The van der Waals surface area contributed by atoms with E-state index in [0.29, 0.717) is 11.0 Å². The third kappa shape index (κ3) is 2.26. The number of aromatic nitrogens is 2. The van der Waals surface area contributed by atoms with Crippen molar-refractivity contribution in [3.63, 3.8) is 0 Å². The van der Waals surface area contributed by atoms with Crippen LogP contribution in [0.4, 0.5) is 5.95 Å². The number of benzene rings is 2. The summed E-state index contributed by atoms with van der Waals surface area (Å²) in [6.07, 6.45) is 0. The van der Waals surface area contributed by atoms with Gasteiger partial charge in [-0.2, -0.15) is 0 Å². The van der Waals surface area contributed by atoms with Gasteiger partial charge in [-0.3, -0.25) is 4.57 Å². The highest BCUT2D eigenvalue weighted by Crippen LogP contribution is 2.31. The highest BCUT2D eigenvalue weighted by atomic mass is 79.9. The second kappa shape index (κ2) is 4.81. The fourth-order valence-corrected chi connectivity index (χ4v) is 2.92. The van der Waals surface area contributed by atoms with Crippen molar-refractivity contribution in [1.82, 2.24) is 9.55 Å². The summed E-state index contributed by atoms with van der Waals surface area (Å²) in [7, 11) is 0. The van der Waals surface area contributed by atoms with E-state index in [1.807, 2.05) is 34.9 Å². The molecule has 0 fully saturated rings. The first-order valence-corrected chi connectivity index (χ1v) is 7.41. The lowest BCUT2D eigenvalue weighted by molar-refractivity contribution is 1.10. The highest BCUT2D eigenvalue weighted by Gasteiger charge is 2.13. The van der Waals surface area contributed by atoms with Crippen LogP contribution in [0.3, 0.4) is 0 Å². The Morgan fingerprint density at radius 1 is 1.11 bits per heavy atom. The molecule has 0 amide bonds. The largest absolute Gasteiger partial charge is 0.369 e. The molecule has 0 aliphatic heterocycles. The van der Waals surface area contributed by atoms with Gasteiger partial charge in [0.25, 0.3) is 0 Å². The summed E-state index contributed by atoms with van der Waals surface area (Å²) >= 11 is 13.1. The van der Waals surface area contributed by atoms with Crippen LogP contribution in [0.5, 0.6) is 0 Å². The molecule has 0 unspecified atom stereocenters. The first kappa shape index (κ1) is 13.0. The van der Waals surface area contributed by atoms with Gasteiger partial charge in [-0.15, -0.1) is 0 Å². The number of nitrogens with two attached hydrogens (primary N) is 1. The minimum Gasteiger partial charge on any atom is -0.369 e. The van der Waals surface area contributed by atoms with Crippen LogP contribution in [-0.4, -0.2) is 9.55 Å². The monoisotopic (exact) mass is 399 g/mol. The van der Waals surface area contributed by atoms with E-state index in [4.69, 9.17) is 17.3 Å². The number of rotatable bonds is 1. The molecular weight excluding hydrogens is 393 g/mol. The fourth-order valence-electron chi connectivity index (χ4n) is 1.98. The number of halogens is 3. The van der Waals surface area contributed by atoms with Crippen molar-refractivity contribution in [2.24, 2.45) is 0 Å². The van der Waals surface area contributed by atoms with Crippen molar-refractivity contribution in [3.05, 3.63) is 50.4 Å². The lowest BCUT2D eigenvalue weighted by Crippen LogP contribution is -2.01. The second-order valence-electron chi connectivity index (χ2n) is 4.03. The summed E-state index contributed by atoms with van der Waals surface area (Å²) in [6, 6.07) is 11.4. The molecule has 3 aromatic rings. The van der Waals surface area contributed by atoms with Crippen LogP contribution in [0.25, 0.3) is 16.7 Å². The quantitative estimate of drug-likeness (QED) is 0.637. The van der Waals surface area contributed by atoms with Crippen molar-refractivity contribution in [2.75, 3.05) is 5.73 Å². The number of anilines is 1. The maximum atomic E-state index is 6.06. The van der Waals surface area contributed by atoms with Crippen LogP contribution in [0.15, 0.2) is 45.3 Å². The number of fused-ring (bicyclic) bond motifs is 1. The molecule has 6 heteroatoms. The highest BCUT2D eigenvalue weighted by molar-refractivity contribution is 9.11. The van der Waals surface area contributed by atoms with E-state index >= 15 is 0 Å². The first-order valence-electron chi connectivity index (χ1n) is 5.45. The number of hydrogen-bond acceptors (Lipinski definition) is 2. The number of hydrogen-bond donors (Lipinski definition) is 1. The summed E-state index contributed by atoms with van der Waals surface area (Å²) in [5.41, 5.74) is 8.63. The molecule has 0 atom stereocenters. The predicted molar refractivity (Wildman–Crippen MR) is 85.9 cm³/mol. The smallest absolute Gasteiger partial charge is 0.205 e. The molecule has 96 valence electrons. The average molecular weight is 401 g/mol. The Morgan fingerprint density at radius 2 is 1.89 bits per heavy atom. The summed E-state index contributed by atoms with van der Waals surface area (Å²) in [5.74, 6) is 0.427. The van der Waals surface area contributed by atoms with Gasteiger partial charge >= 0.3 is 0 Å². The molecule has 3 nitrogen and oxygen atoms in total. The van der Waals surface area contributed by atoms with Crippen LogP contribution >= 0.6 is 43.5 Å². The molecule has 3 rings (SSSR count). The topological polar surface area (TPSA) is 43.8 Å². The lowest BCUT2D eigenvalue weighted by atomic mass is 10.3. The number of nitrogens with zero attached hydrogens (tertiary/aromatic N) is 2. The molecular formula is C13H8Br2ClN3. The molecule has 0 saturated heterocycles. The van der Waals surface area contributed by atoms with Gasteiger partial charge in [-0.1, -0.05) is 27.5 Å². The van der Waals surface area contributed by atoms with Crippen LogP contribution in [0.1, 0.15) is 0 Å². The van der Waals surface area contributed by atoms with Crippen molar-refractivity contribution in [2.45, 2.75) is 0 Å². The Hall–Kier alpha value is -1.04. The molecule has 0 radical (unpaired) electrons. The summed E-state index contributed by atoms with van der Waals surface area (Å²) < 4.78 is 3.77. The zero-order valence-electron chi connectivity index (χ0n) is 9.57. The lowest BCUT2D eigenvalue weighted by Gasteiger charge is -2.09. The van der Waals surface area contributed by atoms with Crippen molar-refractivity contribution in [1.29, 1.82) is 0 Å². The van der Waals surface area contributed by atoms with E-state index in [1.165, 1.54) is 0 Å². The standard InChI is InChI=1S/C13H8Br2ClN3/c14-7-1-3-9(15)11(5-7)19-12-6-8(16)2-4-10(12)18-13(19)17/h1-6H,(H2,17,18). The zero-order chi connectivity index (χ0) is 13.6. The van der Waals surface area contributed by atoms with Crippen LogP contribution in [-0.2, 0) is 0 Å². The molecule has 2 N–H and O–H groups in total. The van der Waals surface area contributed by atoms with E-state index in [2.05, 4.69) is 36.8 Å². The second-order valence-corrected chi connectivity index (χ2v) is 6.24. The molecule has 2 aromatic carbocycles. The number of imidazole rings is 1. The third-order valence-corrected chi connectivity index (χ3v) is 4.19.